The third-order valence-electron chi connectivity index (χ3n) is 5.29. The average Bonchev–Trinajstić information content (AvgIpc) is 3.25. The Bertz CT molecular complexity index is 783. The van der Waals surface area contributed by atoms with E-state index in [9.17, 15) is 4.79 Å². The van der Waals surface area contributed by atoms with E-state index in [0.717, 1.165) is 49.7 Å². The summed E-state index contributed by atoms with van der Waals surface area (Å²) in [7, 11) is 0. The van der Waals surface area contributed by atoms with Crippen LogP contribution < -0.4 is 4.90 Å². The number of hydrogen-bond donors (Lipinski definition) is 0. The average molecular weight is 327 g/mol. The van der Waals surface area contributed by atoms with Crippen molar-refractivity contribution in [1.82, 2.24) is 19.5 Å². The molecule has 2 aromatic rings. The second-order valence-corrected chi connectivity index (χ2v) is 7.57. The Hall–Kier alpha value is -2.11. The lowest BCUT2D eigenvalue weighted by Gasteiger charge is -2.18. The second kappa shape index (κ2) is 5.76. The third kappa shape index (κ3) is 2.64. The molecule has 2 fully saturated rings. The van der Waals surface area contributed by atoms with Gasteiger partial charge in [-0.15, -0.1) is 5.10 Å². The predicted molar refractivity (Wildman–Crippen MR) is 93.4 cm³/mol. The first-order valence-corrected chi connectivity index (χ1v) is 8.92. The van der Waals surface area contributed by atoms with Gasteiger partial charge in [0.05, 0.1) is 11.9 Å². The highest BCUT2D eigenvalue weighted by molar-refractivity contribution is 5.91. The quantitative estimate of drug-likeness (QED) is 0.850. The first kappa shape index (κ1) is 15.4. The maximum absolute atomic E-state index is 12.6. The number of carbonyl (C=O) groups excluding carboxylic acids is 1. The van der Waals surface area contributed by atoms with Crippen LogP contribution in [-0.4, -0.2) is 51.6 Å². The molecule has 4 rings (SSSR count). The number of amides is 1. The molecule has 2 saturated heterocycles. The van der Waals surface area contributed by atoms with Gasteiger partial charge in [-0.1, -0.05) is 13.8 Å². The SMILES string of the molecule is Cc1cc(N2CCC(C)C2)cn2nc(C(=O)N3CCC(C)C3)nc12. The van der Waals surface area contributed by atoms with Gasteiger partial charge in [0.2, 0.25) is 5.82 Å². The molecule has 2 aromatic heterocycles. The van der Waals surface area contributed by atoms with Gasteiger partial charge in [0.1, 0.15) is 0 Å². The normalized spacial score (nSPS) is 24.3. The molecule has 1 amide bonds. The van der Waals surface area contributed by atoms with Crippen LogP contribution in [0.4, 0.5) is 5.69 Å². The Labute approximate surface area is 142 Å². The third-order valence-corrected chi connectivity index (χ3v) is 5.29. The molecular weight excluding hydrogens is 302 g/mol. The van der Waals surface area contributed by atoms with Gasteiger partial charge in [-0.2, -0.15) is 0 Å². The molecule has 4 heterocycles. The molecule has 0 N–H and O–H groups in total. The molecule has 0 radical (unpaired) electrons. The predicted octanol–water partition coefficient (Wildman–Crippen LogP) is 2.37. The van der Waals surface area contributed by atoms with Crippen LogP contribution >= 0.6 is 0 Å². The summed E-state index contributed by atoms with van der Waals surface area (Å²) in [5, 5.41) is 4.48. The van der Waals surface area contributed by atoms with Crippen molar-refractivity contribution in [3.8, 4) is 0 Å². The number of likely N-dealkylation sites (tertiary alicyclic amines) is 1. The van der Waals surface area contributed by atoms with Gasteiger partial charge >= 0.3 is 0 Å². The lowest BCUT2D eigenvalue weighted by Crippen LogP contribution is -2.29. The van der Waals surface area contributed by atoms with E-state index in [0.29, 0.717) is 11.7 Å². The van der Waals surface area contributed by atoms with Gasteiger partial charge in [0.25, 0.3) is 5.91 Å². The summed E-state index contributed by atoms with van der Waals surface area (Å²) in [6.07, 6.45) is 4.30. The van der Waals surface area contributed by atoms with E-state index in [2.05, 4.69) is 34.9 Å². The summed E-state index contributed by atoms with van der Waals surface area (Å²) in [5.74, 6) is 1.57. The molecule has 2 aliphatic heterocycles. The monoisotopic (exact) mass is 327 g/mol. The van der Waals surface area contributed by atoms with Crippen LogP contribution in [0.15, 0.2) is 12.3 Å². The molecule has 0 spiro atoms. The van der Waals surface area contributed by atoms with Crippen molar-refractivity contribution in [2.24, 2.45) is 11.8 Å². The van der Waals surface area contributed by atoms with E-state index in [-0.39, 0.29) is 5.91 Å². The summed E-state index contributed by atoms with van der Waals surface area (Å²) in [6, 6.07) is 2.16. The van der Waals surface area contributed by atoms with Gasteiger partial charge in [0.15, 0.2) is 5.65 Å². The van der Waals surface area contributed by atoms with E-state index in [4.69, 9.17) is 0 Å². The number of carbonyl (C=O) groups is 1. The lowest BCUT2D eigenvalue weighted by atomic mass is 10.2. The van der Waals surface area contributed by atoms with E-state index >= 15 is 0 Å². The fraction of sp³-hybridized carbons (Fsp3) is 0.611. The van der Waals surface area contributed by atoms with Crippen molar-refractivity contribution in [3.05, 3.63) is 23.7 Å². The van der Waals surface area contributed by atoms with Crippen molar-refractivity contribution < 1.29 is 4.79 Å². The van der Waals surface area contributed by atoms with Crippen molar-refractivity contribution >= 4 is 17.2 Å². The Morgan fingerprint density at radius 2 is 1.92 bits per heavy atom. The topological polar surface area (TPSA) is 53.7 Å². The number of aryl methyl sites for hydroxylation is 1. The summed E-state index contributed by atoms with van der Waals surface area (Å²) < 4.78 is 1.78. The zero-order valence-corrected chi connectivity index (χ0v) is 14.7. The van der Waals surface area contributed by atoms with E-state index in [1.165, 1.54) is 12.1 Å². The Morgan fingerprint density at radius 3 is 2.58 bits per heavy atom. The van der Waals surface area contributed by atoms with Crippen LogP contribution in [0.5, 0.6) is 0 Å². The van der Waals surface area contributed by atoms with E-state index < -0.39 is 0 Å². The van der Waals surface area contributed by atoms with E-state index in [1.807, 2.05) is 18.0 Å². The lowest BCUT2D eigenvalue weighted by molar-refractivity contribution is 0.0776. The first-order valence-electron chi connectivity index (χ1n) is 8.92. The largest absolute Gasteiger partial charge is 0.370 e. The molecule has 2 aliphatic rings. The second-order valence-electron chi connectivity index (χ2n) is 7.57. The molecule has 6 nitrogen and oxygen atoms in total. The maximum Gasteiger partial charge on any atom is 0.293 e. The van der Waals surface area contributed by atoms with Crippen molar-refractivity contribution in [1.29, 1.82) is 0 Å². The number of anilines is 1. The van der Waals surface area contributed by atoms with Gasteiger partial charge in [-0.25, -0.2) is 9.50 Å². The highest BCUT2D eigenvalue weighted by Crippen LogP contribution is 2.25. The van der Waals surface area contributed by atoms with Crippen LogP contribution in [0.25, 0.3) is 5.65 Å². The minimum Gasteiger partial charge on any atom is -0.370 e. The summed E-state index contributed by atoms with van der Waals surface area (Å²) in [4.78, 5) is 21.4. The maximum atomic E-state index is 12.6. The number of hydrogen-bond acceptors (Lipinski definition) is 4. The zero-order valence-electron chi connectivity index (χ0n) is 14.7. The number of rotatable bonds is 2. The number of fused-ring (bicyclic) bond motifs is 1. The molecule has 2 unspecified atom stereocenters. The highest BCUT2D eigenvalue weighted by atomic mass is 16.2. The minimum atomic E-state index is -0.0428. The van der Waals surface area contributed by atoms with Crippen LogP contribution in [0, 0.1) is 18.8 Å². The smallest absolute Gasteiger partial charge is 0.293 e. The Kier molecular flexibility index (Phi) is 3.70. The molecular formula is C18H25N5O. The van der Waals surface area contributed by atoms with Gasteiger partial charge in [-0.05, 0) is 43.2 Å². The highest BCUT2D eigenvalue weighted by Gasteiger charge is 2.27. The van der Waals surface area contributed by atoms with E-state index in [1.54, 1.807) is 4.52 Å². The molecule has 6 heteroatoms. The fourth-order valence-electron chi connectivity index (χ4n) is 3.83. The fourth-order valence-corrected chi connectivity index (χ4v) is 3.83. The Morgan fingerprint density at radius 1 is 1.17 bits per heavy atom. The van der Waals surface area contributed by atoms with Crippen LogP contribution in [0.3, 0.4) is 0 Å². The zero-order chi connectivity index (χ0) is 16.8. The van der Waals surface area contributed by atoms with Crippen molar-refractivity contribution in [2.45, 2.75) is 33.6 Å². The standard InChI is InChI=1S/C18H25N5O/c1-12-4-6-21(9-12)15-8-14(3)17-19-16(20-23(17)11-15)18(24)22-7-5-13(2)10-22/h8,11-13H,4-7,9-10H2,1-3H3. The van der Waals surface area contributed by atoms with Gasteiger partial charge < -0.3 is 9.80 Å². The molecule has 0 saturated carbocycles. The summed E-state index contributed by atoms with van der Waals surface area (Å²) in [5.41, 5.74) is 3.01. The van der Waals surface area contributed by atoms with Crippen LogP contribution in [-0.2, 0) is 0 Å². The molecule has 0 bridgehead atoms. The number of pyridine rings is 1. The molecule has 2 atom stereocenters. The number of nitrogens with zero attached hydrogens (tertiary/aromatic N) is 5. The van der Waals surface area contributed by atoms with Crippen LogP contribution in [0.1, 0.15) is 42.9 Å². The molecule has 24 heavy (non-hydrogen) atoms. The van der Waals surface area contributed by atoms with Crippen LogP contribution in [0.2, 0.25) is 0 Å². The van der Waals surface area contributed by atoms with Gasteiger partial charge in [-0.3, -0.25) is 4.79 Å². The van der Waals surface area contributed by atoms with Crippen molar-refractivity contribution in [3.63, 3.8) is 0 Å². The Balaban J connectivity index is 1.65. The summed E-state index contributed by atoms with van der Waals surface area (Å²) in [6.45, 7) is 10.3. The molecule has 0 aromatic carbocycles. The van der Waals surface area contributed by atoms with Crippen molar-refractivity contribution in [2.75, 3.05) is 31.1 Å². The molecule has 0 aliphatic carbocycles. The summed E-state index contributed by atoms with van der Waals surface area (Å²) >= 11 is 0. The first-order chi connectivity index (χ1) is 11.5. The van der Waals surface area contributed by atoms with Gasteiger partial charge in [0, 0.05) is 26.2 Å². The molecule has 128 valence electrons. The minimum absolute atomic E-state index is 0.0428. The number of aromatic nitrogens is 3.